The van der Waals surface area contributed by atoms with Crippen LogP contribution in [-0.2, 0) is 13.1 Å². The smallest absolute Gasteiger partial charge is 0.301 e. The van der Waals surface area contributed by atoms with Gasteiger partial charge in [-0.15, -0.1) is 0 Å². The second-order valence-electron chi connectivity index (χ2n) is 7.00. The van der Waals surface area contributed by atoms with Crippen molar-refractivity contribution in [2.75, 3.05) is 19.9 Å². The number of hydrogen-bond donors (Lipinski definition) is 2. The van der Waals surface area contributed by atoms with Gasteiger partial charge >= 0.3 is 5.92 Å². The lowest BCUT2D eigenvalue weighted by Gasteiger charge is -2.13. The number of imidazole rings is 1. The molecule has 0 amide bonds. The van der Waals surface area contributed by atoms with E-state index in [2.05, 4.69) is 15.6 Å². The lowest BCUT2D eigenvalue weighted by atomic mass is 10.1. The van der Waals surface area contributed by atoms with Gasteiger partial charge in [0.15, 0.2) is 6.67 Å². The molecule has 0 saturated heterocycles. The van der Waals surface area contributed by atoms with Gasteiger partial charge in [0.1, 0.15) is 18.7 Å². The number of allylic oxidation sites excluding steroid dienone is 5. The Morgan fingerprint density at radius 3 is 2.52 bits per heavy atom. The molecular weight excluding hydrogens is 446 g/mol. The highest BCUT2D eigenvalue weighted by Crippen LogP contribution is 2.28. The first-order chi connectivity index (χ1) is 15.7. The quantitative estimate of drug-likeness (QED) is 0.158. The molecule has 184 valence electrons. The van der Waals surface area contributed by atoms with Gasteiger partial charge < -0.3 is 15.2 Å². The molecule has 10 heteroatoms. The number of rotatable bonds is 14. The molecule has 1 aromatic heterocycles. The molecule has 0 saturated carbocycles. The summed E-state index contributed by atoms with van der Waals surface area (Å²) >= 11 is 0. The van der Waals surface area contributed by atoms with Crippen LogP contribution >= 0.6 is 0 Å². The van der Waals surface area contributed by atoms with Crippen LogP contribution in [0.1, 0.15) is 31.1 Å². The standard InChI is InChI=1S/C23H30F6N4/c1-4-33-18(3)21(13-19(9-11-25)23(28,29)16-26)32-22(33)15-31-20(8-7-17(2)27)14-30-12-6-5-10-24/h5-9,11,13-14,17,30-31H,4,10,12,15-16H2,1-3H3/b6-5+,8-7+,11-9+,19-13+,20-14+. The SMILES string of the molecule is CCn1c(CNC(/C=C/C(C)F)=C/NC/C=C/CF)nc(/C=C(\C=C\F)C(F)(F)CF)c1C. The van der Waals surface area contributed by atoms with Crippen molar-refractivity contribution in [3.63, 3.8) is 0 Å². The van der Waals surface area contributed by atoms with E-state index in [0.29, 0.717) is 36.4 Å². The van der Waals surface area contributed by atoms with Gasteiger partial charge in [0.2, 0.25) is 0 Å². The van der Waals surface area contributed by atoms with Crippen LogP contribution in [0.25, 0.3) is 6.08 Å². The van der Waals surface area contributed by atoms with Gasteiger partial charge in [-0.1, -0.05) is 12.2 Å². The first-order valence-corrected chi connectivity index (χ1v) is 10.4. The van der Waals surface area contributed by atoms with Gasteiger partial charge in [0.05, 0.1) is 24.3 Å². The Bertz CT molecular complexity index is 882. The highest BCUT2D eigenvalue weighted by atomic mass is 19.3. The molecule has 0 aliphatic heterocycles. The Morgan fingerprint density at radius 1 is 1.21 bits per heavy atom. The molecule has 1 atom stereocenters. The molecule has 4 nitrogen and oxygen atoms in total. The fourth-order valence-electron chi connectivity index (χ4n) is 2.83. The summed E-state index contributed by atoms with van der Waals surface area (Å²) in [5.74, 6) is -3.37. The summed E-state index contributed by atoms with van der Waals surface area (Å²) in [5.41, 5.74) is 0.380. The number of halogens is 6. The molecule has 1 unspecified atom stereocenters. The first-order valence-electron chi connectivity index (χ1n) is 10.4. The maximum atomic E-state index is 13.8. The van der Waals surface area contributed by atoms with Crippen molar-refractivity contribution in [2.45, 2.75) is 46.0 Å². The van der Waals surface area contributed by atoms with Crippen LogP contribution in [-0.4, -0.2) is 41.5 Å². The minimum atomic E-state index is -3.85. The molecule has 1 heterocycles. The molecule has 0 radical (unpaired) electrons. The van der Waals surface area contributed by atoms with Crippen molar-refractivity contribution >= 4 is 6.08 Å². The molecule has 1 rings (SSSR count). The third kappa shape index (κ3) is 9.23. The van der Waals surface area contributed by atoms with E-state index in [4.69, 9.17) is 0 Å². The van der Waals surface area contributed by atoms with E-state index in [1.807, 2.05) is 6.92 Å². The first kappa shape index (κ1) is 28.1. The number of hydrogen-bond acceptors (Lipinski definition) is 3. The monoisotopic (exact) mass is 476 g/mol. The van der Waals surface area contributed by atoms with Crippen LogP contribution in [0.2, 0.25) is 0 Å². The molecule has 33 heavy (non-hydrogen) atoms. The van der Waals surface area contributed by atoms with E-state index in [9.17, 15) is 26.3 Å². The Hall–Kier alpha value is -2.91. The molecule has 0 bridgehead atoms. The van der Waals surface area contributed by atoms with E-state index in [-0.39, 0.29) is 18.6 Å². The lowest BCUT2D eigenvalue weighted by Crippen LogP contribution is -2.20. The summed E-state index contributed by atoms with van der Waals surface area (Å²) in [7, 11) is 0. The van der Waals surface area contributed by atoms with E-state index in [0.717, 1.165) is 6.08 Å². The van der Waals surface area contributed by atoms with Gasteiger partial charge in [-0.3, -0.25) is 0 Å². The zero-order chi connectivity index (χ0) is 24.9. The molecular formula is C23H30F6N4. The Labute approximate surface area is 190 Å². The number of nitrogens with one attached hydrogen (secondary N) is 2. The topological polar surface area (TPSA) is 41.9 Å². The predicted octanol–water partition coefficient (Wildman–Crippen LogP) is 5.64. The third-order valence-corrected chi connectivity index (χ3v) is 4.52. The number of aromatic nitrogens is 2. The molecule has 0 fully saturated rings. The normalized spacial score (nSPS) is 14.7. The predicted molar refractivity (Wildman–Crippen MR) is 120 cm³/mol. The molecule has 0 aliphatic carbocycles. The maximum absolute atomic E-state index is 13.8. The summed E-state index contributed by atoms with van der Waals surface area (Å²) in [5, 5.41) is 6.02. The molecule has 2 N–H and O–H groups in total. The van der Waals surface area contributed by atoms with Gasteiger partial charge in [-0.25, -0.2) is 22.5 Å². The molecule has 0 spiro atoms. The summed E-state index contributed by atoms with van der Waals surface area (Å²) in [4.78, 5) is 4.35. The minimum absolute atomic E-state index is 0.0743. The van der Waals surface area contributed by atoms with Gasteiger partial charge in [0, 0.05) is 30.6 Å². The van der Waals surface area contributed by atoms with Crippen molar-refractivity contribution < 1.29 is 26.3 Å². The second-order valence-corrected chi connectivity index (χ2v) is 7.00. The average Bonchev–Trinajstić information content (AvgIpc) is 3.08. The van der Waals surface area contributed by atoms with Crippen molar-refractivity contribution in [1.82, 2.24) is 20.2 Å². The van der Waals surface area contributed by atoms with Crippen LogP contribution in [0.5, 0.6) is 0 Å². The highest BCUT2D eigenvalue weighted by Gasteiger charge is 2.33. The van der Waals surface area contributed by atoms with E-state index in [1.165, 1.54) is 25.2 Å². The van der Waals surface area contributed by atoms with Crippen molar-refractivity contribution in [3.8, 4) is 0 Å². The molecule has 1 aromatic rings. The van der Waals surface area contributed by atoms with Crippen molar-refractivity contribution in [3.05, 3.63) is 71.4 Å². The van der Waals surface area contributed by atoms with Crippen LogP contribution in [0.4, 0.5) is 26.3 Å². The van der Waals surface area contributed by atoms with Gasteiger partial charge in [0.25, 0.3) is 0 Å². The van der Waals surface area contributed by atoms with Crippen molar-refractivity contribution in [2.24, 2.45) is 0 Å². The fraction of sp³-hybridized carbons (Fsp3) is 0.435. The van der Waals surface area contributed by atoms with E-state index >= 15 is 0 Å². The van der Waals surface area contributed by atoms with Gasteiger partial charge in [-0.2, -0.15) is 8.78 Å². The lowest BCUT2D eigenvalue weighted by molar-refractivity contribution is 0.0197. The zero-order valence-electron chi connectivity index (χ0n) is 18.9. The Kier molecular flexibility index (Phi) is 12.2. The number of alkyl halides is 5. The van der Waals surface area contributed by atoms with Crippen LogP contribution in [0, 0.1) is 6.92 Å². The van der Waals surface area contributed by atoms with Crippen LogP contribution < -0.4 is 10.6 Å². The fourth-order valence-corrected chi connectivity index (χ4v) is 2.83. The maximum Gasteiger partial charge on any atom is 0.301 e. The van der Waals surface area contributed by atoms with E-state index in [1.54, 1.807) is 23.8 Å². The van der Waals surface area contributed by atoms with Crippen molar-refractivity contribution in [1.29, 1.82) is 0 Å². The third-order valence-electron chi connectivity index (χ3n) is 4.52. The summed E-state index contributed by atoms with van der Waals surface area (Å²) in [6.45, 7) is 3.32. The van der Waals surface area contributed by atoms with E-state index < -0.39 is 31.0 Å². The zero-order valence-corrected chi connectivity index (χ0v) is 18.9. The van der Waals surface area contributed by atoms with Crippen LogP contribution in [0.15, 0.2) is 54.2 Å². The second kappa shape index (κ2) is 14.3. The summed E-state index contributed by atoms with van der Waals surface area (Å²) in [6.07, 6.45) is 7.59. The summed E-state index contributed by atoms with van der Waals surface area (Å²) < 4.78 is 80.1. The minimum Gasteiger partial charge on any atom is -0.386 e. The largest absolute Gasteiger partial charge is 0.386 e. The number of nitrogens with zero attached hydrogens (tertiary/aromatic N) is 2. The molecule has 0 aliphatic rings. The Morgan fingerprint density at radius 2 is 1.94 bits per heavy atom. The Balaban J connectivity index is 3.18. The van der Waals surface area contributed by atoms with Gasteiger partial charge in [-0.05, 0) is 45.1 Å². The summed E-state index contributed by atoms with van der Waals surface area (Å²) in [6, 6.07) is 0. The molecule has 0 aromatic carbocycles. The highest BCUT2D eigenvalue weighted by molar-refractivity contribution is 5.57. The van der Waals surface area contributed by atoms with Crippen LogP contribution in [0.3, 0.4) is 0 Å². The average molecular weight is 477 g/mol.